The molecular formula is C23H20FeN2O. The van der Waals surface area contributed by atoms with Crippen molar-refractivity contribution in [2.24, 2.45) is 5.73 Å². The van der Waals surface area contributed by atoms with E-state index in [9.17, 15) is 4.79 Å². The summed E-state index contributed by atoms with van der Waals surface area (Å²) in [7, 11) is 0. The normalized spacial score (nSPS) is 16.3. The van der Waals surface area contributed by atoms with Crippen molar-refractivity contribution < 1.29 is 21.9 Å². The van der Waals surface area contributed by atoms with Crippen LogP contribution in [-0.2, 0) is 17.1 Å². The number of nitrogens with two attached hydrogens (primary N) is 1. The molecule has 0 spiro atoms. The Labute approximate surface area is 173 Å². The van der Waals surface area contributed by atoms with Gasteiger partial charge in [-0.15, -0.1) is 0 Å². The average Bonchev–Trinajstić information content (AvgIpc) is 3.37. The third-order valence-electron chi connectivity index (χ3n) is 4.05. The van der Waals surface area contributed by atoms with Crippen LogP contribution in [0.5, 0.6) is 0 Å². The smallest absolute Gasteiger partial charge is 0.250 e. The van der Waals surface area contributed by atoms with E-state index in [1.165, 1.54) is 0 Å². The molecule has 2 fully saturated rings. The molecule has 10 radical (unpaired) electrons. The van der Waals surface area contributed by atoms with E-state index in [-0.39, 0.29) is 17.1 Å². The van der Waals surface area contributed by atoms with Gasteiger partial charge in [-0.1, -0.05) is 30.3 Å². The number of aryl methyl sites for hydroxylation is 1. The summed E-state index contributed by atoms with van der Waals surface area (Å²) >= 11 is 0. The monoisotopic (exact) mass is 396 g/mol. The molecule has 1 aromatic heterocycles. The zero-order valence-electron chi connectivity index (χ0n) is 14.9. The molecule has 0 atom stereocenters. The SMILES string of the molecule is Cc1nc(-c2ccccc2)cc([C]2[CH][CH][CH][CH]2)c1C(N)=O.[CH]1[CH][CH][CH][CH]1.[Fe]. The van der Waals surface area contributed by atoms with Gasteiger partial charge in [0.1, 0.15) is 0 Å². The summed E-state index contributed by atoms with van der Waals surface area (Å²) in [6.45, 7) is 1.82. The van der Waals surface area contributed by atoms with Crippen molar-refractivity contribution in [3.63, 3.8) is 0 Å². The summed E-state index contributed by atoms with van der Waals surface area (Å²) in [4.78, 5) is 16.3. The number of carbonyl (C=O) groups excluding carboxylic acids is 1. The second kappa shape index (κ2) is 10.6. The second-order valence-corrected chi connectivity index (χ2v) is 5.88. The quantitative estimate of drug-likeness (QED) is 0.800. The van der Waals surface area contributed by atoms with Gasteiger partial charge in [-0.2, -0.15) is 0 Å². The molecule has 1 amide bonds. The van der Waals surface area contributed by atoms with Gasteiger partial charge in [0.15, 0.2) is 0 Å². The van der Waals surface area contributed by atoms with Crippen molar-refractivity contribution >= 4 is 5.91 Å². The van der Waals surface area contributed by atoms with Crippen LogP contribution in [0, 0.1) is 70.6 Å². The summed E-state index contributed by atoms with van der Waals surface area (Å²) in [5.41, 5.74) is 9.36. The van der Waals surface area contributed by atoms with Gasteiger partial charge in [-0.05, 0) is 76.3 Å². The minimum absolute atomic E-state index is 0. The molecule has 0 bridgehead atoms. The summed E-state index contributed by atoms with van der Waals surface area (Å²) in [5.74, 6) is 0.530. The largest absolute Gasteiger partial charge is 0.366 e. The number of nitrogens with zero attached hydrogens (tertiary/aromatic N) is 1. The van der Waals surface area contributed by atoms with Crippen LogP contribution in [0.1, 0.15) is 21.6 Å². The van der Waals surface area contributed by atoms with E-state index in [0.717, 1.165) is 22.7 Å². The maximum Gasteiger partial charge on any atom is 0.250 e. The number of rotatable bonds is 3. The van der Waals surface area contributed by atoms with E-state index in [2.05, 4.69) is 4.98 Å². The number of pyridine rings is 1. The molecular weight excluding hydrogens is 376 g/mol. The third kappa shape index (κ3) is 5.67. The van der Waals surface area contributed by atoms with Gasteiger partial charge in [0.05, 0.1) is 17.0 Å². The first kappa shape index (κ1) is 21.7. The van der Waals surface area contributed by atoms with Gasteiger partial charge < -0.3 is 5.73 Å². The molecule has 1 aromatic carbocycles. The number of benzene rings is 1. The summed E-state index contributed by atoms with van der Waals surface area (Å²) in [5, 5.41) is 0. The molecule has 4 heteroatoms. The molecule has 0 saturated heterocycles. The van der Waals surface area contributed by atoms with Gasteiger partial charge >= 0.3 is 0 Å². The van der Waals surface area contributed by atoms with Crippen LogP contribution in [0.4, 0.5) is 0 Å². The first-order valence-corrected chi connectivity index (χ1v) is 8.42. The molecule has 2 aliphatic rings. The summed E-state index contributed by atoms with van der Waals surface area (Å²) in [6, 6.07) is 11.8. The Bertz CT molecular complexity index is 728. The predicted molar refractivity (Wildman–Crippen MR) is 104 cm³/mol. The van der Waals surface area contributed by atoms with E-state index in [4.69, 9.17) is 5.73 Å². The summed E-state index contributed by atoms with van der Waals surface area (Å²) < 4.78 is 0. The predicted octanol–water partition coefficient (Wildman–Crippen LogP) is 3.93. The maximum absolute atomic E-state index is 11.8. The van der Waals surface area contributed by atoms with Crippen molar-refractivity contribution in [3.8, 4) is 11.3 Å². The van der Waals surface area contributed by atoms with Crippen molar-refractivity contribution in [2.75, 3.05) is 0 Å². The number of hydrogen-bond acceptors (Lipinski definition) is 2. The Kier molecular flexibility index (Phi) is 8.53. The third-order valence-corrected chi connectivity index (χ3v) is 4.05. The van der Waals surface area contributed by atoms with E-state index in [1.807, 2.05) is 101 Å². The molecule has 136 valence electrons. The Morgan fingerprint density at radius 2 is 1.44 bits per heavy atom. The fraction of sp³-hybridized carbons (Fsp3) is 0.0435. The maximum atomic E-state index is 11.8. The minimum atomic E-state index is -0.448. The minimum Gasteiger partial charge on any atom is -0.366 e. The molecule has 0 aliphatic heterocycles. The summed E-state index contributed by atoms with van der Waals surface area (Å²) in [6.07, 6.45) is 17.8. The Hall–Kier alpha value is -1.64. The van der Waals surface area contributed by atoms with Crippen LogP contribution in [-0.4, -0.2) is 10.9 Å². The second-order valence-electron chi connectivity index (χ2n) is 5.88. The number of hydrogen-bond donors (Lipinski definition) is 1. The number of amides is 1. The first-order chi connectivity index (χ1) is 12.7. The molecule has 1 heterocycles. The molecule has 2 saturated carbocycles. The number of aromatic nitrogens is 1. The van der Waals surface area contributed by atoms with E-state index in [1.54, 1.807) is 0 Å². The Balaban J connectivity index is 0.000000379. The van der Waals surface area contributed by atoms with Crippen LogP contribution in [0.2, 0.25) is 0 Å². The average molecular weight is 396 g/mol. The zero-order chi connectivity index (χ0) is 18.4. The van der Waals surface area contributed by atoms with Gasteiger partial charge in [0, 0.05) is 28.6 Å². The molecule has 2 aliphatic carbocycles. The Morgan fingerprint density at radius 1 is 0.889 bits per heavy atom. The van der Waals surface area contributed by atoms with Crippen molar-refractivity contribution in [2.45, 2.75) is 6.92 Å². The number of carbonyl (C=O) groups is 1. The van der Waals surface area contributed by atoms with E-state index >= 15 is 0 Å². The fourth-order valence-corrected chi connectivity index (χ4v) is 2.84. The first-order valence-electron chi connectivity index (χ1n) is 8.42. The molecule has 2 N–H and O–H groups in total. The molecule has 3 nitrogen and oxygen atoms in total. The molecule has 0 unspecified atom stereocenters. The molecule has 27 heavy (non-hydrogen) atoms. The van der Waals surface area contributed by atoms with Crippen LogP contribution in [0.15, 0.2) is 36.4 Å². The molecule has 2 aromatic rings. The standard InChI is InChI=1S/C18H15N2O.C5H5.Fe/c1-12-17(18(19)21)15(13-7-5-6-8-13)11-16(20-12)14-9-3-2-4-10-14;1-2-4-5-3-1;/h2-11H,1H3,(H2,19,21);1-5H;. The topological polar surface area (TPSA) is 56.0 Å². The van der Waals surface area contributed by atoms with E-state index in [0.29, 0.717) is 11.3 Å². The van der Waals surface area contributed by atoms with Gasteiger partial charge in [-0.25, -0.2) is 0 Å². The van der Waals surface area contributed by atoms with Gasteiger partial charge in [0.2, 0.25) is 0 Å². The van der Waals surface area contributed by atoms with Crippen LogP contribution >= 0.6 is 0 Å². The van der Waals surface area contributed by atoms with E-state index < -0.39 is 5.91 Å². The van der Waals surface area contributed by atoms with Gasteiger partial charge in [-0.3, -0.25) is 9.78 Å². The van der Waals surface area contributed by atoms with Crippen LogP contribution < -0.4 is 5.73 Å². The Morgan fingerprint density at radius 3 is 1.96 bits per heavy atom. The number of primary amides is 1. The van der Waals surface area contributed by atoms with Crippen LogP contribution in [0.3, 0.4) is 0 Å². The van der Waals surface area contributed by atoms with Crippen molar-refractivity contribution in [3.05, 3.63) is 117 Å². The zero-order valence-corrected chi connectivity index (χ0v) is 16.1. The van der Waals surface area contributed by atoms with Gasteiger partial charge in [0.25, 0.3) is 5.91 Å². The molecule has 4 rings (SSSR count). The fourth-order valence-electron chi connectivity index (χ4n) is 2.84. The van der Waals surface area contributed by atoms with Crippen LogP contribution in [0.25, 0.3) is 11.3 Å². The van der Waals surface area contributed by atoms with Crippen molar-refractivity contribution in [1.82, 2.24) is 4.98 Å². The van der Waals surface area contributed by atoms with Crippen molar-refractivity contribution in [1.29, 1.82) is 0 Å².